The fraction of sp³-hybridized carbons (Fsp3) is 0.591. The second-order valence-electron chi connectivity index (χ2n) is 8.07. The summed E-state index contributed by atoms with van der Waals surface area (Å²) in [5.74, 6) is -0.0125. The summed E-state index contributed by atoms with van der Waals surface area (Å²) in [4.78, 5) is 43.8. The quantitative estimate of drug-likeness (QED) is 0.774. The van der Waals surface area contributed by atoms with Crippen LogP contribution in [0, 0.1) is 0 Å². The molecule has 2 unspecified atom stereocenters. The van der Waals surface area contributed by atoms with E-state index in [9.17, 15) is 14.4 Å². The van der Waals surface area contributed by atoms with E-state index in [2.05, 4.69) is 0 Å². The third-order valence-corrected chi connectivity index (χ3v) is 6.21. The number of hydrogen-bond donors (Lipinski definition) is 0. The maximum Gasteiger partial charge on any atom is 0.251 e. The minimum absolute atomic E-state index is 0.00277. The summed E-state index contributed by atoms with van der Waals surface area (Å²) in [6.07, 6.45) is 3.50. The maximum absolute atomic E-state index is 13.2. The Morgan fingerprint density at radius 3 is 2.48 bits per heavy atom. The number of nitrogens with zero attached hydrogens (tertiary/aromatic N) is 3. The number of hydrogen-bond acceptors (Lipinski definition) is 4. The average molecular weight is 399 g/mol. The zero-order valence-electron chi connectivity index (χ0n) is 17.0. The number of rotatable bonds is 3. The van der Waals surface area contributed by atoms with Gasteiger partial charge in [-0.2, -0.15) is 0 Å². The number of aryl methyl sites for hydroxylation is 1. The van der Waals surface area contributed by atoms with Crippen molar-refractivity contribution in [3.05, 3.63) is 29.8 Å². The van der Waals surface area contributed by atoms with Gasteiger partial charge in [-0.15, -0.1) is 0 Å². The summed E-state index contributed by atoms with van der Waals surface area (Å²) in [5.41, 5.74) is 1.97. The Morgan fingerprint density at radius 1 is 1.03 bits per heavy atom. The predicted molar refractivity (Wildman–Crippen MR) is 108 cm³/mol. The Hall–Kier alpha value is -2.41. The highest BCUT2D eigenvalue weighted by Crippen LogP contribution is 2.29. The molecule has 0 aliphatic carbocycles. The molecule has 3 heterocycles. The number of amides is 3. The molecule has 3 aliphatic rings. The highest BCUT2D eigenvalue weighted by molar-refractivity contribution is 6.01. The fourth-order valence-corrected chi connectivity index (χ4v) is 4.56. The van der Waals surface area contributed by atoms with Gasteiger partial charge in [0, 0.05) is 44.9 Å². The van der Waals surface area contributed by atoms with Gasteiger partial charge in [0.25, 0.3) is 5.91 Å². The first-order chi connectivity index (χ1) is 14.1. The summed E-state index contributed by atoms with van der Waals surface area (Å²) in [6, 6.07) is 7.30. The van der Waals surface area contributed by atoms with Crippen LogP contribution in [0.2, 0.25) is 0 Å². The largest absolute Gasteiger partial charge is 0.368 e. The van der Waals surface area contributed by atoms with Crippen molar-refractivity contribution in [2.45, 2.75) is 51.2 Å². The van der Waals surface area contributed by atoms with Crippen LogP contribution in [0.1, 0.15) is 38.2 Å². The monoisotopic (exact) mass is 399 g/mol. The van der Waals surface area contributed by atoms with Gasteiger partial charge in [0.15, 0.2) is 0 Å². The van der Waals surface area contributed by atoms with Gasteiger partial charge in [-0.1, -0.05) is 18.2 Å². The molecule has 4 rings (SSSR count). The average Bonchev–Trinajstić information content (AvgIpc) is 3.23. The van der Waals surface area contributed by atoms with Crippen LogP contribution < -0.4 is 4.90 Å². The summed E-state index contributed by atoms with van der Waals surface area (Å²) in [5, 5.41) is 0. The molecule has 3 amide bonds. The number of fused-ring (bicyclic) bond motifs is 1. The molecular formula is C22H29N3O4. The van der Waals surface area contributed by atoms with E-state index in [1.807, 2.05) is 31.2 Å². The Morgan fingerprint density at radius 2 is 1.76 bits per heavy atom. The minimum Gasteiger partial charge on any atom is -0.368 e. The van der Waals surface area contributed by atoms with Crippen LogP contribution in [0.25, 0.3) is 0 Å². The van der Waals surface area contributed by atoms with Crippen molar-refractivity contribution in [1.29, 1.82) is 0 Å². The highest BCUT2D eigenvalue weighted by atomic mass is 16.5. The molecule has 0 aromatic heterocycles. The molecule has 0 saturated carbocycles. The summed E-state index contributed by atoms with van der Waals surface area (Å²) in [6.45, 7) is 4.48. The third kappa shape index (κ3) is 4.01. The molecule has 3 aliphatic heterocycles. The SMILES string of the molecule is CC(C(=O)N1CCN(C(=O)C2CCCO2)CC1)N1C(=O)CCCc2ccccc21. The molecule has 0 radical (unpaired) electrons. The lowest BCUT2D eigenvalue weighted by Crippen LogP contribution is -2.57. The molecule has 29 heavy (non-hydrogen) atoms. The normalized spacial score (nSPS) is 23.6. The second-order valence-corrected chi connectivity index (χ2v) is 8.07. The molecule has 1 aromatic carbocycles. The van der Waals surface area contributed by atoms with E-state index in [4.69, 9.17) is 4.74 Å². The molecule has 7 nitrogen and oxygen atoms in total. The van der Waals surface area contributed by atoms with E-state index < -0.39 is 6.04 Å². The number of anilines is 1. The number of benzene rings is 1. The van der Waals surface area contributed by atoms with Crippen LogP contribution in [-0.4, -0.2) is 72.5 Å². The Balaban J connectivity index is 1.42. The van der Waals surface area contributed by atoms with Gasteiger partial charge >= 0.3 is 0 Å². The molecule has 2 fully saturated rings. The van der Waals surface area contributed by atoms with Crippen molar-refractivity contribution < 1.29 is 19.1 Å². The topological polar surface area (TPSA) is 70.2 Å². The van der Waals surface area contributed by atoms with Gasteiger partial charge < -0.3 is 14.5 Å². The van der Waals surface area contributed by atoms with E-state index >= 15 is 0 Å². The lowest BCUT2D eigenvalue weighted by molar-refractivity contribution is -0.146. The van der Waals surface area contributed by atoms with E-state index in [1.165, 1.54) is 0 Å². The van der Waals surface area contributed by atoms with E-state index in [0.717, 1.165) is 36.9 Å². The van der Waals surface area contributed by atoms with Crippen LogP contribution >= 0.6 is 0 Å². The van der Waals surface area contributed by atoms with Crippen molar-refractivity contribution in [2.75, 3.05) is 37.7 Å². The Kier molecular flexibility index (Phi) is 5.85. The zero-order chi connectivity index (χ0) is 20.4. The number of ether oxygens (including phenoxy) is 1. The molecule has 156 valence electrons. The van der Waals surface area contributed by atoms with Gasteiger partial charge in [-0.05, 0) is 44.2 Å². The first-order valence-corrected chi connectivity index (χ1v) is 10.7. The number of piperazine rings is 1. The summed E-state index contributed by atoms with van der Waals surface area (Å²) >= 11 is 0. The van der Waals surface area contributed by atoms with Crippen LogP contribution in [0.15, 0.2) is 24.3 Å². The van der Waals surface area contributed by atoms with Crippen LogP contribution in [0.4, 0.5) is 5.69 Å². The lowest BCUT2D eigenvalue weighted by Gasteiger charge is -2.38. The molecule has 2 atom stereocenters. The van der Waals surface area contributed by atoms with Crippen molar-refractivity contribution in [2.24, 2.45) is 0 Å². The molecule has 0 N–H and O–H groups in total. The summed E-state index contributed by atoms with van der Waals surface area (Å²) < 4.78 is 5.50. The number of carbonyl (C=O) groups is 3. The highest BCUT2D eigenvalue weighted by Gasteiger charge is 2.36. The molecule has 0 bridgehead atoms. The lowest BCUT2D eigenvalue weighted by atomic mass is 10.1. The predicted octanol–water partition coefficient (Wildman–Crippen LogP) is 1.59. The van der Waals surface area contributed by atoms with Crippen LogP contribution in [-0.2, 0) is 25.5 Å². The van der Waals surface area contributed by atoms with Crippen molar-refractivity contribution in [3.8, 4) is 0 Å². The molecule has 2 saturated heterocycles. The molecule has 1 aromatic rings. The minimum atomic E-state index is -0.554. The van der Waals surface area contributed by atoms with E-state index in [1.54, 1.807) is 14.7 Å². The summed E-state index contributed by atoms with van der Waals surface area (Å²) in [7, 11) is 0. The van der Waals surface area contributed by atoms with Gasteiger partial charge in [0.1, 0.15) is 12.1 Å². The van der Waals surface area contributed by atoms with Gasteiger partial charge in [0.05, 0.1) is 0 Å². The fourth-order valence-electron chi connectivity index (χ4n) is 4.56. The van der Waals surface area contributed by atoms with Crippen LogP contribution in [0.3, 0.4) is 0 Å². The maximum atomic E-state index is 13.2. The number of carbonyl (C=O) groups excluding carboxylic acids is 3. The standard InChI is InChI=1S/C22H29N3O4/c1-16(25-18-8-3-2-6-17(18)7-4-10-20(25)26)21(27)23-11-13-24(14-12-23)22(28)19-9-5-15-29-19/h2-3,6,8,16,19H,4-5,7,9-15H2,1H3. The van der Waals surface area contributed by atoms with E-state index in [-0.39, 0.29) is 23.8 Å². The second kappa shape index (κ2) is 8.53. The molecular weight excluding hydrogens is 370 g/mol. The van der Waals surface area contributed by atoms with Crippen molar-refractivity contribution in [3.63, 3.8) is 0 Å². The van der Waals surface area contributed by atoms with Crippen molar-refractivity contribution >= 4 is 23.4 Å². The first kappa shape index (κ1) is 19.9. The Labute approximate surface area is 171 Å². The van der Waals surface area contributed by atoms with Gasteiger partial charge in [-0.3, -0.25) is 19.3 Å². The van der Waals surface area contributed by atoms with Gasteiger partial charge in [-0.25, -0.2) is 0 Å². The van der Waals surface area contributed by atoms with E-state index in [0.29, 0.717) is 39.2 Å². The van der Waals surface area contributed by atoms with Gasteiger partial charge in [0.2, 0.25) is 11.8 Å². The Bertz CT molecular complexity index is 782. The number of para-hydroxylation sites is 1. The third-order valence-electron chi connectivity index (χ3n) is 6.21. The molecule has 0 spiro atoms. The smallest absolute Gasteiger partial charge is 0.251 e. The van der Waals surface area contributed by atoms with Crippen molar-refractivity contribution in [1.82, 2.24) is 9.80 Å². The molecule has 7 heteroatoms. The van der Waals surface area contributed by atoms with Crippen LogP contribution in [0.5, 0.6) is 0 Å². The first-order valence-electron chi connectivity index (χ1n) is 10.7. The zero-order valence-corrected chi connectivity index (χ0v) is 17.0.